The number of methoxy groups -OCH3 is 1. The van der Waals surface area contributed by atoms with Gasteiger partial charge in [-0.05, 0) is 61.0 Å². The third kappa shape index (κ3) is 6.42. The molecule has 0 saturated carbocycles. The molecule has 6 heteroatoms. The summed E-state index contributed by atoms with van der Waals surface area (Å²) in [6.07, 6.45) is 3.12. The number of carbonyl (C=O) groups is 1. The molecule has 2 aromatic rings. The molecule has 5 nitrogen and oxygen atoms in total. The zero-order chi connectivity index (χ0) is 19.8. The molecule has 0 atom stereocenters. The summed E-state index contributed by atoms with van der Waals surface area (Å²) in [5.41, 5.74) is 9.24. The van der Waals surface area contributed by atoms with E-state index >= 15 is 0 Å². The van der Waals surface area contributed by atoms with Crippen LogP contribution in [0.2, 0.25) is 0 Å². The molecule has 0 aliphatic rings. The predicted octanol–water partition coefficient (Wildman–Crippen LogP) is 4.16. The molecule has 0 radical (unpaired) electrons. The van der Waals surface area contributed by atoms with Crippen LogP contribution in [0, 0.1) is 6.92 Å². The third-order valence-electron chi connectivity index (χ3n) is 3.93. The van der Waals surface area contributed by atoms with Gasteiger partial charge in [0, 0.05) is 17.3 Å². The first-order valence-electron chi connectivity index (χ1n) is 8.68. The van der Waals surface area contributed by atoms with Crippen molar-refractivity contribution in [1.29, 1.82) is 0 Å². The largest absolute Gasteiger partial charge is 0.496 e. The van der Waals surface area contributed by atoms with Crippen LogP contribution in [-0.2, 0) is 4.79 Å². The SMILES string of the molecule is COc1ccc(C)cc1/C=C/C(=O)NNC(=S)Nc1ccc(C(C)C)cc1. The molecule has 0 fully saturated rings. The van der Waals surface area contributed by atoms with E-state index in [4.69, 9.17) is 17.0 Å². The van der Waals surface area contributed by atoms with Crippen molar-refractivity contribution in [2.24, 2.45) is 0 Å². The minimum Gasteiger partial charge on any atom is -0.496 e. The Morgan fingerprint density at radius 1 is 1.11 bits per heavy atom. The normalized spacial score (nSPS) is 10.7. The van der Waals surface area contributed by atoms with E-state index in [0.717, 1.165) is 16.8 Å². The van der Waals surface area contributed by atoms with Crippen molar-refractivity contribution in [2.75, 3.05) is 12.4 Å². The van der Waals surface area contributed by atoms with Crippen LogP contribution in [0.15, 0.2) is 48.5 Å². The fraction of sp³-hybridized carbons (Fsp3) is 0.238. The minimum atomic E-state index is -0.321. The lowest BCUT2D eigenvalue weighted by Gasteiger charge is -2.12. The lowest BCUT2D eigenvalue weighted by Crippen LogP contribution is -2.43. The Bertz CT molecular complexity index is 830. The molecular weight excluding hydrogens is 358 g/mol. The number of hydrazine groups is 1. The molecule has 0 saturated heterocycles. The number of rotatable bonds is 5. The highest BCUT2D eigenvalue weighted by Gasteiger charge is 2.03. The van der Waals surface area contributed by atoms with E-state index in [0.29, 0.717) is 16.8 Å². The number of aryl methyl sites for hydroxylation is 1. The molecule has 0 spiro atoms. The summed E-state index contributed by atoms with van der Waals surface area (Å²) in [5.74, 6) is 0.861. The number of hydrogen-bond donors (Lipinski definition) is 3. The highest BCUT2D eigenvalue weighted by molar-refractivity contribution is 7.80. The topological polar surface area (TPSA) is 62.4 Å². The number of carbonyl (C=O) groups excluding carboxylic acids is 1. The average Bonchev–Trinajstić information content (AvgIpc) is 2.65. The number of ether oxygens (including phenoxy) is 1. The molecule has 2 rings (SSSR count). The fourth-order valence-electron chi connectivity index (χ4n) is 2.42. The van der Waals surface area contributed by atoms with Gasteiger partial charge < -0.3 is 10.1 Å². The van der Waals surface area contributed by atoms with E-state index < -0.39 is 0 Å². The lowest BCUT2D eigenvalue weighted by atomic mass is 10.0. The van der Waals surface area contributed by atoms with Crippen molar-refractivity contribution in [2.45, 2.75) is 26.7 Å². The van der Waals surface area contributed by atoms with Crippen LogP contribution in [0.1, 0.15) is 36.5 Å². The zero-order valence-corrected chi connectivity index (χ0v) is 16.8. The van der Waals surface area contributed by atoms with Gasteiger partial charge in [-0.1, -0.05) is 37.6 Å². The highest BCUT2D eigenvalue weighted by atomic mass is 32.1. The Morgan fingerprint density at radius 3 is 2.44 bits per heavy atom. The molecule has 0 aliphatic heterocycles. The van der Waals surface area contributed by atoms with Gasteiger partial charge in [-0.25, -0.2) is 0 Å². The number of nitrogens with one attached hydrogen (secondary N) is 3. The molecule has 0 unspecified atom stereocenters. The minimum absolute atomic E-state index is 0.308. The quantitative estimate of drug-likeness (QED) is 0.411. The summed E-state index contributed by atoms with van der Waals surface area (Å²) in [6.45, 7) is 6.27. The van der Waals surface area contributed by atoms with Crippen LogP contribution >= 0.6 is 12.2 Å². The molecule has 1 amide bonds. The van der Waals surface area contributed by atoms with Crippen molar-refractivity contribution in [3.05, 3.63) is 65.2 Å². The smallest absolute Gasteiger partial charge is 0.262 e. The number of hydrogen-bond acceptors (Lipinski definition) is 3. The summed E-state index contributed by atoms with van der Waals surface area (Å²) in [7, 11) is 1.60. The van der Waals surface area contributed by atoms with Gasteiger partial charge >= 0.3 is 0 Å². The average molecular weight is 384 g/mol. The first-order chi connectivity index (χ1) is 12.9. The van der Waals surface area contributed by atoms with Crippen molar-refractivity contribution >= 4 is 35.0 Å². The predicted molar refractivity (Wildman–Crippen MR) is 115 cm³/mol. The van der Waals surface area contributed by atoms with Crippen LogP contribution in [-0.4, -0.2) is 18.1 Å². The highest BCUT2D eigenvalue weighted by Crippen LogP contribution is 2.21. The Balaban J connectivity index is 1.86. The van der Waals surface area contributed by atoms with Crippen LogP contribution < -0.4 is 20.9 Å². The molecule has 2 aromatic carbocycles. The van der Waals surface area contributed by atoms with Gasteiger partial charge in [0.1, 0.15) is 5.75 Å². The molecule has 0 aromatic heterocycles. The van der Waals surface area contributed by atoms with E-state index in [2.05, 4.69) is 30.0 Å². The molecule has 0 bridgehead atoms. The maximum Gasteiger partial charge on any atom is 0.262 e. The molecule has 142 valence electrons. The molecule has 0 heterocycles. The summed E-state index contributed by atoms with van der Waals surface area (Å²) in [6, 6.07) is 13.8. The number of amides is 1. The van der Waals surface area contributed by atoms with Crippen molar-refractivity contribution in [3.63, 3.8) is 0 Å². The van der Waals surface area contributed by atoms with Gasteiger partial charge in [-0.15, -0.1) is 0 Å². The second-order valence-electron chi connectivity index (χ2n) is 6.42. The molecule has 27 heavy (non-hydrogen) atoms. The van der Waals surface area contributed by atoms with Crippen LogP contribution in [0.3, 0.4) is 0 Å². The van der Waals surface area contributed by atoms with Crippen molar-refractivity contribution in [3.8, 4) is 5.75 Å². The third-order valence-corrected chi connectivity index (χ3v) is 4.14. The van der Waals surface area contributed by atoms with Crippen LogP contribution in [0.5, 0.6) is 5.75 Å². The maximum absolute atomic E-state index is 12.0. The molecule has 3 N–H and O–H groups in total. The monoisotopic (exact) mass is 383 g/mol. The van der Waals surface area contributed by atoms with E-state index in [1.807, 2.05) is 49.4 Å². The summed E-state index contributed by atoms with van der Waals surface area (Å²) in [4.78, 5) is 12.0. The zero-order valence-electron chi connectivity index (χ0n) is 16.0. The summed E-state index contributed by atoms with van der Waals surface area (Å²) in [5, 5.41) is 3.33. The van der Waals surface area contributed by atoms with E-state index in [1.165, 1.54) is 11.6 Å². The second kappa shape index (κ2) is 9.73. The van der Waals surface area contributed by atoms with E-state index in [-0.39, 0.29) is 5.91 Å². The Labute approximate surface area is 165 Å². The van der Waals surface area contributed by atoms with Gasteiger partial charge in [0.2, 0.25) is 0 Å². The van der Waals surface area contributed by atoms with E-state index in [9.17, 15) is 4.79 Å². The maximum atomic E-state index is 12.0. The second-order valence-corrected chi connectivity index (χ2v) is 6.83. The van der Waals surface area contributed by atoms with Gasteiger partial charge in [0.05, 0.1) is 7.11 Å². The Morgan fingerprint density at radius 2 is 1.81 bits per heavy atom. The Hall–Kier alpha value is -2.86. The molecular formula is C21H25N3O2S. The van der Waals surface area contributed by atoms with Gasteiger partial charge in [-0.2, -0.15) is 0 Å². The van der Waals surface area contributed by atoms with Gasteiger partial charge in [-0.3, -0.25) is 15.6 Å². The number of anilines is 1. The summed E-state index contributed by atoms with van der Waals surface area (Å²) < 4.78 is 5.29. The van der Waals surface area contributed by atoms with Crippen LogP contribution in [0.4, 0.5) is 5.69 Å². The van der Waals surface area contributed by atoms with Gasteiger partial charge in [0.15, 0.2) is 5.11 Å². The van der Waals surface area contributed by atoms with Crippen molar-refractivity contribution in [1.82, 2.24) is 10.9 Å². The first kappa shape index (κ1) is 20.5. The Kier molecular flexibility index (Phi) is 7.37. The number of thiocarbonyl (C=S) groups is 1. The molecule has 0 aliphatic carbocycles. The lowest BCUT2D eigenvalue weighted by molar-refractivity contribution is -0.116. The summed E-state index contributed by atoms with van der Waals surface area (Å²) >= 11 is 5.19. The number of benzene rings is 2. The van der Waals surface area contributed by atoms with Crippen molar-refractivity contribution < 1.29 is 9.53 Å². The fourth-order valence-corrected chi connectivity index (χ4v) is 2.59. The van der Waals surface area contributed by atoms with Gasteiger partial charge in [0.25, 0.3) is 5.91 Å². The van der Waals surface area contributed by atoms with Crippen LogP contribution in [0.25, 0.3) is 6.08 Å². The first-order valence-corrected chi connectivity index (χ1v) is 9.09. The van der Waals surface area contributed by atoms with E-state index in [1.54, 1.807) is 13.2 Å². The standard InChI is InChI=1S/C21H25N3O2S/c1-14(2)16-6-9-18(10-7-16)22-21(27)24-23-20(25)12-8-17-13-15(3)5-11-19(17)26-4/h5-14H,1-4H3,(H,23,25)(H2,22,24,27)/b12-8+.